The number of carbonyl (C=O) groups excluding carboxylic acids is 1. The van der Waals surface area contributed by atoms with Crippen LogP contribution in [0.15, 0.2) is 0 Å². The molecule has 0 aromatic carbocycles. The van der Waals surface area contributed by atoms with E-state index in [0.717, 1.165) is 0 Å². The summed E-state index contributed by atoms with van der Waals surface area (Å²) < 4.78 is 11.5. The van der Waals surface area contributed by atoms with E-state index in [9.17, 15) is 4.79 Å². The van der Waals surface area contributed by atoms with Crippen LogP contribution >= 0.6 is 0 Å². The van der Waals surface area contributed by atoms with Crippen LogP contribution in [-0.2, 0) is 14.3 Å². The van der Waals surface area contributed by atoms with E-state index in [4.69, 9.17) is 9.47 Å². The molecule has 0 aliphatic carbocycles. The van der Waals surface area contributed by atoms with Crippen molar-refractivity contribution in [1.29, 1.82) is 0 Å². The number of esters is 1. The van der Waals surface area contributed by atoms with Gasteiger partial charge in [-0.25, -0.2) is 0 Å². The number of rotatable bonds is 6. The fourth-order valence-electron chi connectivity index (χ4n) is 3.77. The standard InChI is InChI=1S/C16H32GeO3/c1-9-17(10-2,11-3)16(12(4)5)13(19-16)14(18)20-15(6,7)8/h12-13H,9-11H2,1-8H3/t13-,16+/m1/s1. The summed E-state index contributed by atoms with van der Waals surface area (Å²) in [4.78, 5) is 12.4. The molecule has 0 bridgehead atoms. The van der Waals surface area contributed by atoms with Gasteiger partial charge in [0, 0.05) is 0 Å². The molecule has 0 aromatic rings. The molecule has 20 heavy (non-hydrogen) atoms. The Labute approximate surface area is 127 Å². The van der Waals surface area contributed by atoms with Crippen LogP contribution in [0.3, 0.4) is 0 Å². The van der Waals surface area contributed by atoms with Crippen molar-refractivity contribution in [3.8, 4) is 0 Å². The van der Waals surface area contributed by atoms with Crippen LogP contribution in [0, 0.1) is 5.92 Å². The summed E-state index contributed by atoms with van der Waals surface area (Å²) in [7, 11) is 0. The molecule has 0 spiro atoms. The Balaban J connectivity index is 3.03. The second-order valence-electron chi connectivity index (χ2n) is 7.32. The molecule has 0 saturated carbocycles. The van der Waals surface area contributed by atoms with E-state index < -0.39 is 18.9 Å². The van der Waals surface area contributed by atoms with Gasteiger partial charge in [0.1, 0.15) is 0 Å². The van der Waals surface area contributed by atoms with Crippen LogP contribution in [0.2, 0.25) is 15.8 Å². The van der Waals surface area contributed by atoms with Crippen molar-refractivity contribution in [3.63, 3.8) is 0 Å². The Morgan fingerprint density at radius 2 is 1.65 bits per heavy atom. The second kappa shape index (κ2) is 6.00. The molecule has 1 rings (SSSR count). The first kappa shape index (κ1) is 18.0. The predicted octanol–water partition coefficient (Wildman–Crippen LogP) is 4.17. The van der Waals surface area contributed by atoms with Crippen molar-refractivity contribution in [1.82, 2.24) is 0 Å². The number of carbonyl (C=O) groups is 1. The van der Waals surface area contributed by atoms with Crippen molar-refractivity contribution in [2.24, 2.45) is 5.92 Å². The topological polar surface area (TPSA) is 38.8 Å². The van der Waals surface area contributed by atoms with Gasteiger partial charge >= 0.3 is 127 Å². The monoisotopic (exact) mass is 346 g/mol. The quantitative estimate of drug-likeness (QED) is 0.412. The summed E-state index contributed by atoms with van der Waals surface area (Å²) in [5, 5.41) is 3.64. The molecule has 0 radical (unpaired) electrons. The van der Waals surface area contributed by atoms with Crippen molar-refractivity contribution in [2.75, 3.05) is 0 Å². The average Bonchev–Trinajstić information content (AvgIpc) is 3.07. The molecule has 1 heterocycles. The molecule has 1 aliphatic rings. The third-order valence-corrected chi connectivity index (χ3v) is 19.0. The van der Waals surface area contributed by atoms with Crippen molar-refractivity contribution in [2.45, 2.75) is 87.3 Å². The van der Waals surface area contributed by atoms with Crippen LogP contribution in [0.5, 0.6) is 0 Å². The summed E-state index contributed by atoms with van der Waals surface area (Å²) in [5.74, 6) is 0.233. The van der Waals surface area contributed by atoms with E-state index in [-0.39, 0.29) is 16.5 Å². The van der Waals surface area contributed by atoms with Gasteiger partial charge < -0.3 is 0 Å². The molecule has 1 saturated heterocycles. The SMILES string of the molecule is C[CH2][Ge]([CH2]C)([CH2]C)[C@@]1(C(C)C)O[C@@H]1C(=O)OC(C)(C)C. The molecule has 0 N–H and O–H groups in total. The predicted molar refractivity (Wildman–Crippen MR) is 85.5 cm³/mol. The minimum atomic E-state index is -2.21. The molecule has 0 aromatic heterocycles. The molecule has 1 fully saturated rings. The van der Waals surface area contributed by atoms with Crippen LogP contribution in [0.1, 0.15) is 55.4 Å². The molecular weight excluding hydrogens is 313 g/mol. The molecule has 0 unspecified atom stereocenters. The molecule has 4 heteroatoms. The van der Waals surface area contributed by atoms with Gasteiger partial charge in [-0.2, -0.15) is 0 Å². The maximum absolute atomic E-state index is 12.4. The van der Waals surface area contributed by atoms with Crippen LogP contribution in [0.25, 0.3) is 0 Å². The van der Waals surface area contributed by atoms with E-state index in [2.05, 4.69) is 34.6 Å². The minimum absolute atomic E-state index is 0.156. The van der Waals surface area contributed by atoms with Gasteiger partial charge in [0.2, 0.25) is 0 Å². The van der Waals surface area contributed by atoms with E-state index in [1.807, 2.05) is 20.8 Å². The first-order valence-electron chi connectivity index (χ1n) is 8.00. The van der Waals surface area contributed by atoms with Crippen LogP contribution < -0.4 is 0 Å². The number of hydrogen-bond donors (Lipinski definition) is 0. The molecule has 2 atom stereocenters. The van der Waals surface area contributed by atoms with E-state index in [0.29, 0.717) is 5.92 Å². The van der Waals surface area contributed by atoms with Crippen molar-refractivity contribution in [3.05, 3.63) is 0 Å². The van der Waals surface area contributed by atoms with Gasteiger partial charge in [-0.05, 0) is 0 Å². The normalized spacial score (nSPS) is 26.8. The Morgan fingerprint density at radius 3 is 1.95 bits per heavy atom. The summed E-state index contributed by atoms with van der Waals surface area (Å²) in [5.41, 5.74) is -0.438. The summed E-state index contributed by atoms with van der Waals surface area (Å²) in [6, 6.07) is 0. The van der Waals surface area contributed by atoms with Crippen molar-refractivity contribution >= 4 is 19.2 Å². The molecule has 1 aliphatic heterocycles. The molecule has 118 valence electrons. The fraction of sp³-hybridized carbons (Fsp3) is 0.938. The third kappa shape index (κ3) is 2.94. The van der Waals surface area contributed by atoms with Crippen molar-refractivity contribution < 1.29 is 14.3 Å². The van der Waals surface area contributed by atoms with E-state index >= 15 is 0 Å². The van der Waals surface area contributed by atoms with Gasteiger partial charge in [-0.3, -0.25) is 0 Å². The Kier molecular flexibility index (Phi) is 5.40. The summed E-state index contributed by atoms with van der Waals surface area (Å²) in [6.45, 7) is 17.0. The zero-order valence-corrected chi connectivity index (χ0v) is 16.6. The number of hydrogen-bond acceptors (Lipinski definition) is 3. The molecule has 0 amide bonds. The second-order valence-corrected chi connectivity index (χ2v) is 18.8. The maximum atomic E-state index is 12.4. The van der Waals surface area contributed by atoms with Crippen LogP contribution in [0.4, 0.5) is 0 Å². The molecular formula is C16H32GeO3. The number of ether oxygens (including phenoxy) is 2. The van der Waals surface area contributed by atoms with E-state index in [1.165, 1.54) is 15.8 Å². The Morgan fingerprint density at radius 1 is 1.20 bits per heavy atom. The van der Waals surface area contributed by atoms with Gasteiger partial charge in [-0.1, -0.05) is 0 Å². The zero-order valence-electron chi connectivity index (χ0n) is 14.5. The summed E-state index contributed by atoms with van der Waals surface area (Å²) in [6.07, 6.45) is -0.318. The van der Waals surface area contributed by atoms with Gasteiger partial charge in [0.15, 0.2) is 0 Å². The van der Waals surface area contributed by atoms with Gasteiger partial charge in [0.05, 0.1) is 0 Å². The zero-order chi connectivity index (χ0) is 15.8. The van der Waals surface area contributed by atoms with Crippen LogP contribution in [-0.4, -0.2) is 35.4 Å². The Bertz CT molecular complexity index is 347. The van der Waals surface area contributed by atoms with Gasteiger partial charge in [-0.15, -0.1) is 0 Å². The fourth-order valence-corrected chi connectivity index (χ4v) is 15.2. The Hall–Kier alpha value is -0.0271. The first-order chi connectivity index (χ1) is 9.10. The third-order valence-electron chi connectivity index (χ3n) is 4.98. The van der Waals surface area contributed by atoms with E-state index in [1.54, 1.807) is 0 Å². The average molecular weight is 345 g/mol. The first-order valence-corrected chi connectivity index (χ1v) is 13.5. The molecule has 3 nitrogen and oxygen atoms in total. The van der Waals surface area contributed by atoms with Gasteiger partial charge in [0.25, 0.3) is 0 Å². The summed E-state index contributed by atoms with van der Waals surface area (Å²) >= 11 is -2.21. The number of epoxide rings is 1.